The largest absolute Gasteiger partial charge is 0.493 e. The average molecular weight is 577 g/mol. The van der Waals surface area contributed by atoms with Crippen LogP contribution in [0.2, 0.25) is 5.02 Å². The topological polar surface area (TPSA) is 49.9 Å². The van der Waals surface area contributed by atoms with Gasteiger partial charge in [-0.3, -0.25) is 9.59 Å². The van der Waals surface area contributed by atoms with Crippen LogP contribution >= 0.6 is 11.6 Å². The lowest BCUT2D eigenvalue weighted by Gasteiger charge is -2.25. The summed E-state index contributed by atoms with van der Waals surface area (Å²) in [5, 5.41) is 0.617. The molecule has 0 heterocycles. The van der Waals surface area contributed by atoms with Gasteiger partial charge in [-0.1, -0.05) is 87.7 Å². The molecular formula is C35H45ClN2O3. The third-order valence-corrected chi connectivity index (χ3v) is 7.35. The molecule has 0 aliphatic rings. The fourth-order valence-electron chi connectivity index (χ4n) is 4.68. The molecule has 2 amide bonds. The van der Waals surface area contributed by atoms with E-state index in [0.717, 1.165) is 73.2 Å². The summed E-state index contributed by atoms with van der Waals surface area (Å²) in [5.41, 5.74) is 3.68. The Morgan fingerprint density at radius 1 is 0.756 bits per heavy atom. The number of unbranched alkanes of at least 4 members (excludes halogenated alkanes) is 2. The van der Waals surface area contributed by atoms with Crippen molar-refractivity contribution < 1.29 is 14.3 Å². The van der Waals surface area contributed by atoms with Crippen LogP contribution < -0.4 is 4.74 Å². The van der Waals surface area contributed by atoms with Crippen LogP contribution in [-0.2, 0) is 24.2 Å². The lowest BCUT2D eigenvalue weighted by Crippen LogP contribution is -2.34. The number of hydrogen-bond acceptors (Lipinski definition) is 3. The average Bonchev–Trinajstić information content (AvgIpc) is 2.99. The molecular weight excluding hydrogens is 532 g/mol. The first-order valence-corrected chi connectivity index (χ1v) is 15.4. The van der Waals surface area contributed by atoms with Gasteiger partial charge in [-0.25, -0.2) is 0 Å². The predicted octanol–water partition coefficient (Wildman–Crippen LogP) is 7.99. The van der Waals surface area contributed by atoms with Crippen LogP contribution in [0.3, 0.4) is 0 Å². The number of hydrogen-bond donors (Lipinski definition) is 0. The van der Waals surface area contributed by atoms with Crippen molar-refractivity contribution in [3.8, 4) is 5.75 Å². The number of ether oxygens (including phenoxy) is 1. The van der Waals surface area contributed by atoms with Crippen molar-refractivity contribution in [2.24, 2.45) is 0 Å². The Morgan fingerprint density at radius 2 is 1.44 bits per heavy atom. The number of amides is 2. The van der Waals surface area contributed by atoms with Gasteiger partial charge in [0.15, 0.2) is 0 Å². The zero-order chi connectivity index (χ0) is 29.5. The number of carbonyl (C=O) groups excluding carboxylic acids is 2. The molecule has 0 bridgehead atoms. The second-order valence-electron chi connectivity index (χ2n) is 10.5. The molecule has 0 atom stereocenters. The zero-order valence-electron chi connectivity index (χ0n) is 24.9. The maximum absolute atomic E-state index is 13.5. The van der Waals surface area contributed by atoms with Crippen molar-refractivity contribution in [2.45, 2.75) is 72.3 Å². The van der Waals surface area contributed by atoms with Gasteiger partial charge in [0.2, 0.25) is 5.91 Å². The van der Waals surface area contributed by atoms with E-state index in [9.17, 15) is 9.59 Å². The minimum absolute atomic E-state index is 0.0481. The summed E-state index contributed by atoms with van der Waals surface area (Å²) in [6.45, 7) is 9.51. The van der Waals surface area contributed by atoms with Gasteiger partial charge in [-0.2, -0.15) is 0 Å². The molecule has 0 N–H and O–H groups in total. The van der Waals surface area contributed by atoms with E-state index in [4.69, 9.17) is 16.3 Å². The summed E-state index contributed by atoms with van der Waals surface area (Å²) in [7, 11) is 0. The molecule has 0 unspecified atom stereocenters. The summed E-state index contributed by atoms with van der Waals surface area (Å²) in [6, 6.07) is 23.3. The molecule has 0 saturated heterocycles. The van der Waals surface area contributed by atoms with E-state index in [1.165, 1.54) is 0 Å². The van der Waals surface area contributed by atoms with E-state index in [1.807, 2.05) is 82.6 Å². The Bertz CT molecular complexity index is 1210. The molecule has 0 aliphatic carbocycles. The minimum Gasteiger partial charge on any atom is -0.493 e. The van der Waals surface area contributed by atoms with E-state index in [-0.39, 0.29) is 11.8 Å². The van der Waals surface area contributed by atoms with E-state index in [0.29, 0.717) is 37.6 Å². The summed E-state index contributed by atoms with van der Waals surface area (Å²) >= 11 is 6.35. The lowest BCUT2D eigenvalue weighted by atomic mass is 10.1. The first-order valence-electron chi connectivity index (χ1n) is 15.1. The van der Waals surface area contributed by atoms with Crippen molar-refractivity contribution in [3.05, 3.63) is 100 Å². The molecule has 0 aromatic heterocycles. The van der Waals surface area contributed by atoms with E-state index in [1.54, 1.807) is 0 Å². The van der Waals surface area contributed by atoms with Crippen LogP contribution in [0.4, 0.5) is 0 Å². The van der Waals surface area contributed by atoms with Gasteiger partial charge in [0.05, 0.1) is 13.0 Å². The van der Waals surface area contributed by atoms with Gasteiger partial charge in [0, 0.05) is 42.3 Å². The first-order chi connectivity index (χ1) is 19.9. The van der Waals surface area contributed by atoms with Gasteiger partial charge < -0.3 is 14.5 Å². The molecule has 0 saturated carbocycles. The third kappa shape index (κ3) is 10.6. The van der Waals surface area contributed by atoms with Gasteiger partial charge in [-0.15, -0.1) is 0 Å². The molecule has 0 radical (unpaired) electrons. The molecule has 220 valence electrons. The molecule has 3 rings (SSSR count). The SMILES string of the molecule is CCCCN(CCCC)C(=O)c1ccc(CCN(Cc2cc(Cl)ccc2OCCC)C(=O)Cc2ccccc2)cc1. The van der Waals surface area contributed by atoms with Crippen molar-refractivity contribution >= 4 is 23.4 Å². The second kappa shape index (κ2) is 17.5. The number of rotatable bonds is 17. The highest BCUT2D eigenvalue weighted by atomic mass is 35.5. The Hall–Kier alpha value is -3.31. The molecule has 6 heteroatoms. The fraction of sp³-hybridized carbons (Fsp3) is 0.429. The maximum Gasteiger partial charge on any atom is 0.253 e. The Morgan fingerprint density at radius 3 is 2.07 bits per heavy atom. The second-order valence-corrected chi connectivity index (χ2v) is 11.0. The quantitative estimate of drug-likeness (QED) is 0.164. The number of carbonyl (C=O) groups is 2. The van der Waals surface area contributed by atoms with E-state index in [2.05, 4.69) is 20.8 Å². The Balaban J connectivity index is 1.75. The number of halogens is 1. The van der Waals surface area contributed by atoms with Crippen LogP contribution in [0.25, 0.3) is 0 Å². The van der Waals surface area contributed by atoms with E-state index >= 15 is 0 Å². The van der Waals surface area contributed by atoms with Crippen molar-refractivity contribution in [3.63, 3.8) is 0 Å². The molecule has 0 spiro atoms. The standard InChI is InChI=1S/C35H45ClN2O3/c1-4-7-21-37(22-8-5-2)35(40)30-16-14-28(15-17-30)20-23-38(34(39)25-29-12-10-9-11-13-29)27-31-26-32(36)18-19-33(31)41-24-6-3/h9-19,26H,4-8,20-25,27H2,1-3H3. The number of benzene rings is 3. The predicted molar refractivity (Wildman–Crippen MR) is 169 cm³/mol. The molecule has 5 nitrogen and oxygen atoms in total. The van der Waals surface area contributed by atoms with Crippen LogP contribution in [0.1, 0.15) is 79.9 Å². The lowest BCUT2D eigenvalue weighted by molar-refractivity contribution is -0.131. The highest BCUT2D eigenvalue weighted by Gasteiger charge is 2.19. The molecule has 0 fully saturated rings. The van der Waals surface area contributed by atoms with Crippen LogP contribution in [0.15, 0.2) is 72.8 Å². The van der Waals surface area contributed by atoms with Gasteiger partial charge in [-0.05, 0) is 67.1 Å². The smallest absolute Gasteiger partial charge is 0.253 e. The first kappa shape index (κ1) is 32.2. The monoisotopic (exact) mass is 576 g/mol. The van der Waals surface area contributed by atoms with Crippen molar-refractivity contribution in [1.82, 2.24) is 9.80 Å². The minimum atomic E-state index is 0.0481. The normalized spacial score (nSPS) is 10.8. The van der Waals surface area contributed by atoms with Crippen LogP contribution in [0.5, 0.6) is 5.75 Å². The summed E-state index contributed by atoms with van der Waals surface area (Å²) in [4.78, 5) is 30.6. The van der Waals surface area contributed by atoms with Gasteiger partial charge >= 0.3 is 0 Å². The highest BCUT2D eigenvalue weighted by molar-refractivity contribution is 6.30. The molecule has 0 aliphatic heterocycles. The van der Waals surface area contributed by atoms with Gasteiger partial charge in [0.25, 0.3) is 5.91 Å². The highest BCUT2D eigenvalue weighted by Crippen LogP contribution is 2.25. The molecule has 3 aromatic carbocycles. The summed E-state index contributed by atoms with van der Waals surface area (Å²) in [6.07, 6.45) is 6.05. The zero-order valence-corrected chi connectivity index (χ0v) is 25.7. The Kier molecular flexibility index (Phi) is 13.7. The summed E-state index contributed by atoms with van der Waals surface area (Å²) in [5.74, 6) is 0.901. The summed E-state index contributed by atoms with van der Waals surface area (Å²) < 4.78 is 5.97. The van der Waals surface area contributed by atoms with E-state index < -0.39 is 0 Å². The third-order valence-electron chi connectivity index (χ3n) is 7.12. The molecule has 3 aromatic rings. The Labute approximate surface area is 251 Å². The van der Waals surface area contributed by atoms with Gasteiger partial charge in [0.1, 0.15) is 5.75 Å². The number of nitrogens with zero attached hydrogens (tertiary/aromatic N) is 2. The molecule has 41 heavy (non-hydrogen) atoms. The fourth-order valence-corrected chi connectivity index (χ4v) is 4.87. The van der Waals surface area contributed by atoms with Crippen molar-refractivity contribution in [2.75, 3.05) is 26.2 Å². The van der Waals surface area contributed by atoms with Crippen LogP contribution in [-0.4, -0.2) is 47.9 Å². The van der Waals surface area contributed by atoms with Crippen molar-refractivity contribution in [1.29, 1.82) is 0 Å². The van der Waals surface area contributed by atoms with Crippen LogP contribution in [0, 0.1) is 0 Å². The maximum atomic E-state index is 13.5.